The van der Waals surface area contributed by atoms with Crippen molar-refractivity contribution in [2.75, 3.05) is 24.4 Å². The predicted molar refractivity (Wildman–Crippen MR) is 145 cm³/mol. The number of benzene rings is 3. The Kier molecular flexibility index (Phi) is 6.74. The lowest BCUT2D eigenvalue weighted by Crippen LogP contribution is -2.30. The van der Waals surface area contributed by atoms with E-state index < -0.39 is 28.0 Å². The summed E-state index contributed by atoms with van der Waals surface area (Å²) >= 11 is 0. The zero-order valence-corrected chi connectivity index (χ0v) is 22.1. The molecule has 0 fully saturated rings. The highest BCUT2D eigenvalue weighted by atomic mass is 32.2. The van der Waals surface area contributed by atoms with Gasteiger partial charge in [0.2, 0.25) is 10.0 Å². The molecule has 4 rings (SSSR count). The summed E-state index contributed by atoms with van der Waals surface area (Å²) in [5, 5.41) is 11.2. The van der Waals surface area contributed by atoms with Gasteiger partial charge in [0.15, 0.2) is 0 Å². The van der Waals surface area contributed by atoms with Crippen LogP contribution in [0.4, 0.5) is 5.69 Å². The number of nitrogens with zero attached hydrogens (tertiary/aromatic N) is 2. The van der Waals surface area contributed by atoms with Crippen molar-refractivity contribution in [3.63, 3.8) is 0 Å². The van der Waals surface area contributed by atoms with Gasteiger partial charge in [-0.05, 0) is 52.1 Å². The van der Waals surface area contributed by atoms with Crippen LogP contribution in [0.1, 0.15) is 26.3 Å². The lowest BCUT2D eigenvalue weighted by molar-refractivity contribution is 0.309. The highest BCUT2D eigenvalue weighted by molar-refractivity contribution is 7.92. The third kappa shape index (κ3) is 5.16. The highest BCUT2D eigenvalue weighted by Crippen LogP contribution is 2.42. The number of ether oxygens (including phenoxy) is 1. The molecule has 10 heteroatoms. The van der Waals surface area contributed by atoms with Crippen molar-refractivity contribution in [1.29, 1.82) is 0 Å². The molecule has 0 aliphatic rings. The number of fused-ring (bicyclic) bond motifs is 1. The van der Waals surface area contributed by atoms with Crippen LogP contribution in [0, 0.1) is 0 Å². The van der Waals surface area contributed by atoms with Crippen molar-refractivity contribution in [2.45, 2.75) is 26.2 Å². The van der Waals surface area contributed by atoms with Crippen LogP contribution < -0.4 is 20.3 Å². The lowest BCUT2D eigenvalue weighted by Gasteiger charge is -2.26. The van der Waals surface area contributed by atoms with E-state index in [1.54, 1.807) is 25.3 Å². The van der Waals surface area contributed by atoms with Crippen LogP contribution in [0.2, 0.25) is 0 Å². The molecule has 194 valence electrons. The minimum absolute atomic E-state index is 0.326. The lowest BCUT2D eigenvalue weighted by atomic mass is 9.83. The summed E-state index contributed by atoms with van der Waals surface area (Å²) < 4.78 is 32.2. The van der Waals surface area contributed by atoms with Crippen LogP contribution in [0.5, 0.6) is 5.75 Å². The van der Waals surface area contributed by atoms with Crippen molar-refractivity contribution in [3.8, 4) is 22.6 Å². The van der Waals surface area contributed by atoms with Gasteiger partial charge < -0.3 is 9.84 Å². The third-order valence-electron chi connectivity index (χ3n) is 6.14. The van der Waals surface area contributed by atoms with Crippen molar-refractivity contribution in [1.82, 2.24) is 9.55 Å². The number of methoxy groups -OCH3 is 1. The molecule has 4 aromatic rings. The summed E-state index contributed by atoms with van der Waals surface area (Å²) in [7, 11) is -2.04. The normalized spacial score (nSPS) is 12.1. The Bertz CT molecular complexity index is 1720. The molecule has 0 aliphatic heterocycles. The first kappa shape index (κ1) is 26.2. The van der Waals surface area contributed by atoms with E-state index in [9.17, 15) is 23.1 Å². The van der Waals surface area contributed by atoms with E-state index in [1.165, 1.54) is 16.8 Å². The maximum absolute atomic E-state index is 12.6. The number of hydrogen-bond donors (Lipinski definition) is 2. The van der Waals surface area contributed by atoms with Crippen LogP contribution in [0.15, 0.2) is 70.4 Å². The summed E-state index contributed by atoms with van der Waals surface area (Å²) in [6.45, 7) is 5.48. The maximum atomic E-state index is 12.6. The number of aromatic nitrogens is 2. The zero-order chi connectivity index (χ0) is 27.1. The van der Waals surface area contributed by atoms with Crippen molar-refractivity contribution < 1.29 is 18.3 Å². The number of hydrogen-bond acceptors (Lipinski definition) is 6. The number of aromatic amines is 1. The van der Waals surface area contributed by atoms with Gasteiger partial charge >= 0.3 is 5.69 Å². The van der Waals surface area contributed by atoms with Crippen molar-refractivity contribution in [2.24, 2.45) is 0 Å². The molecule has 0 saturated heterocycles. The summed E-state index contributed by atoms with van der Waals surface area (Å²) in [5.74, 6) is 0.660. The second kappa shape index (κ2) is 9.53. The quantitative estimate of drug-likeness (QED) is 0.374. The van der Waals surface area contributed by atoms with Crippen LogP contribution in [0.3, 0.4) is 0 Å². The molecule has 0 radical (unpaired) electrons. The summed E-state index contributed by atoms with van der Waals surface area (Å²) in [4.78, 5) is 26.5. The number of H-pyrrole nitrogens is 1. The molecule has 2 N–H and O–H groups in total. The molecule has 0 aliphatic carbocycles. The molecule has 9 nitrogen and oxygen atoms in total. The van der Waals surface area contributed by atoms with E-state index in [2.05, 4.69) is 4.98 Å². The fourth-order valence-corrected chi connectivity index (χ4v) is 5.00. The van der Waals surface area contributed by atoms with E-state index in [0.717, 1.165) is 38.0 Å². The number of rotatable bonds is 6. The summed E-state index contributed by atoms with van der Waals surface area (Å²) in [6.07, 6.45) is 2.48. The van der Waals surface area contributed by atoms with Gasteiger partial charge in [0.05, 0.1) is 24.7 Å². The molecule has 1 heterocycles. The van der Waals surface area contributed by atoms with Gasteiger partial charge in [-0.1, -0.05) is 39.0 Å². The van der Waals surface area contributed by atoms with Gasteiger partial charge in [0.1, 0.15) is 12.5 Å². The summed E-state index contributed by atoms with van der Waals surface area (Å²) in [5.41, 5.74) is 2.03. The highest BCUT2D eigenvalue weighted by Gasteiger charge is 2.24. The fraction of sp³-hybridized carbons (Fsp3) is 0.259. The Labute approximate surface area is 214 Å². The third-order valence-corrected chi connectivity index (χ3v) is 7.27. The molecule has 37 heavy (non-hydrogen) atoms. The summed E-state index contributed by atoms with van der Waals surface area (Å²) in [6, 6.07) is 15.8. The van der Waals surface area contributed by atoms with Gasteiger partial charge in [0.25, 0.3) is 5.56 Å². The Morgan fingerprint density at radius 1 is 1.00 bits per heavy atom. The average molecular weight is 524 g/mol. The number of nitrogens with one attached hydrogen (secondary N) is 1. The van der Waals surface area contributed by atoms with E-state index in [0.29, 0.717) is 17.1 Å². The maximum Gasteiger partial charge on any atom is 0.332 e. The zero-order valence-electron chi connectivity index (χ0n) is 21.3. The topological polar surface area (TPSA) is 122 Å². The Balaban J connectivity index is 1.94. The number of aliphatic hydroxyl groups is 1. The SMILES string of the molecule is COc1c(-c2ccc3cc(N(CO)S(C)(=O)=O)ccc3c2)cc(-n2ccc(=O)[nH]c2=O)cc1C(C)(C)C. The van der Waals surface area contributed by atoms with Gasteiger partial charge in [-0.15, -0.1) is 0 Å². The molecule has 0 spiro atoms. The molecule has 3 aromatic carbocycles. The minimum atomic E-state index is -3.64. The number of aliphatic hydroxyl groups excluding tert-OH is 1. The first-order chi connectivity index (χ1) is 17.3. The largest absolute Gasteiger partial charge is 0.496 e. The first-order valence-corrected chi connectivity index (χ1v) is 13.4. The van der Waals surface area contributed by atoms with E-state index in [4.69, 9.17) is 4.74 Å². The van der Waals surface area contributed by atoms with Gasteiger partial charge in [-0.3, -0.25) is 14.3 Å². The van der Waals surface area contributed by atoms with Crippen LogP contribution >= 0.6 is 0 Å². The van der Waals surface area contributed by atoms with E-state index in [-0.39, 0.29) is 5.41 Å². The van der Waals surface area contributed by atoms with Crippen LogP contribution in [-0.4, -0.2) is 43.2 Å². The van der Waals surface area contributed by atoms with Crippen LogP contribution in [0.25, 0.3) is 27.6 Å². The first-order valence-electron chi connectivity index (χ1n) is 11.5. The average Bonchev–Trinajstić information content (AvgIpc) is 2.82. The minimum Gasteiger partial charge on any atom is -0.496 e. The standard InChI is InChI=1S/C27H29N3O6S/c1-27(2,3)23-15-21(29-11-10-24(32)28-26(29)33)14-22(25(23)36-4)19-7-6-18-13-20(9-8-17(18)12-19)30(16-31)37(5,34)35/h6-15,31H,16H2,1-5H3,(H,28,32,33). The molecule has 0 atom stereocenters. The Morgan fingerprint density at radius 2 is 1.68 bits per heavy atom. The fourth-order valence-electron chi connectivity index (χ4n) is 4.30. The van der Waals surface area contributed by atoms with Gasteiger partial charge in [-0.25, -0.2) is 17.5 Å². The molecule has 0 unspecified atom stereocenters. The molecular formula is C27H29N3O6S. The molecule has 0 amide bonds. The molecule has 0 saturated carbocycles. The van der Waals surface area contributed by atoms with Crippen molar-refractivity contribution >= 4 is 26.5 Å². The van der Waals surface area contributed by atoms with E-state index >= 15 is 0 Å². The molecular weight excluding hydrogens is 494 g/mol. The van der Waals surface area contributed by atoms with Crippen molar-refractivity contribution in [3.05, 3.63) is 87.2 Å². The predicted octanol–water partition coefficient (Wildman–Crippen LogP) is 3.37. The molecule has 1 aromatic heterocycles. The smallest absolute Gasteiger partial charge is 0.332 e. The monoisotopic (exact) mass is 523 g/mol. The Hall–Kier alpha value is -3.89. The van der Waals surface area contributed by atoms with Gasteiger partial charge in [-0.2, -0.15) is 0 Å². The Morgan fingerprint density at radius 3 is 2.27 bits per heavy atom. The second-order valence-corrected chi connectivity index (χ2v) is 11.7. The molecule has 0 bridgehead atoms. The second-order valence-electron chi connectivity index (χ2n) is 9.80. The van der Waals surface area contributed by atoms with E-state index in [1.807, 2.05) is 51.1 Å². The number of anilines is 1. The van der Waals surface area contributed by atoms with Crippen LogP contribution in [-0.2, 0) is 15.4 Å². The number of sulfonamides is 1. The van der Waals surface area contributed by atoms with Gasteiger partial charge in [0, 0.05) is 23.4 Å².